The van der Waals surface area contributed by atoms with Crippen LogP contribution in [0.1, 0.15) is 28.1 Å². The van der Waals surface area contributed by atoms with E-state index >= 15 is 0 Å². The van der Waals surface area contributed by atoms with Crippen molar-refractivity contribution in [2.75, 3.05) is 39.2 Å². The zero-order chi connectivity index (χ0) is 34.3. The molecular weight excluding hydrogens is 646 g/mol. The molecule has 6 rings (SSSR count). The van der Waals surface area contributed by atoms with Crippen LogP contribution in [0.2, 0.25) is 0 Å². The van der Waals surface area contributed by atoms with Crippen LogP contribution in [-0.2, 0) is 11.2 Å². The monoisotopic (exact) mass is 681 g/mol. The van der Waals surface area contributed by atoms with Crippen LogP contribution < -0.4 is 24.8 Å². The van der Waals surface area contributed by atoms with E-state index in [1.54, 1.807) is 25.2 Å². The second kappa shape index (κ2) is 15.2. The van der Waals surface area contributed by atoms with Gasteiger partial charge in [-0.1, -0.05) is 24.8 Å². The number of nitrogens with zero attached hydrogens (tertiary/aromatic N) is 3. The van der Waals surface area contributed by atoms with E-state index in [0.717, 1.165) is 22.1 Å². The Morgan fingerprint density at radius 1 is 1.00 bits per heavy atom. The van der Waals surface area contributed by atoms with Crippen molar-refractivity contribution >= 4 is 45.6 Å². The molecular formula is C37H36FN5O5S. The molecule has 5 aromatic rings. The minimum absolute atomic E-state index is 0.0757. The fourth-order valence-electron chi connectivity index (χ4n) is 5.74. The van der Waals surface area contributed by atoms with Crippen molar-refractivity contribution in [3.63, 3.8) is 0 Å². The molecule has 252 valence electrons. The third-order valence-corrected chi connectivity index (χ3v) is 9.27. The van der Waals surface area contributed by atoms with E-state index in [2.05, 4.69) is 27.2 Å². The average molecular weight is 682 g/mol. The quantitative estimate of drug-likeness (QED) is 0.139. The number of hydrogen-bond acceptors (Lipinski definition) is 9. The third kappa shape index (κ3) is 7.81. The fourth-order valence-corrected chi connectivity index (χ4v) is 6.57. The maximum atomic E-state index is 13.5. The van der Waals surface area contributed by atoms with Crippen LogP contribution in [0.4, 0.5) is 15.9 Å². The van der Waals surface area contributed by atoms with Gasteiger partial charge in [0, 0.05) is 43.9 Å². The van der Waals surface area contributed by atoms with Crippen LogP contribution in [0.15, 0.2) is 85.0 Å². The molecule has 12 heteroatoms. The Hall–Kier alpha value is -5.49. The number of halogens is 1. The number of likely N-dealkylation sites (tertiary alicyclic amines) is 1. The number of fused-ring (bicyclic) bond motifs is 1. The van der Waals surface area contributed by atoms with Crippen molar-refractivity contribution in [1.29, 1.82) is 0 Å². The van der Waals surface area contributed by atoms with Crippen molar-refractivity contribution in [2.45, 2.75) is 25.4 Å². The predicted octanol–water partition coefficient (Wildman–Crippen LogP) is 6.79. The van der Waals surface area contributed by atoms with Gasteiger partial charge in [-0.05, 0) is 71.0 Å². The van der Waals surface area contributed by atoms with Crippen LogP contribution in [-0.4, -0.2) is 66.6 Å². The molecule has 0 radical (unpaired) electrons. The van der Waals surface area contributed by atoms with E-state index in [4.69, 9.17) is 14.2 Å². The number of piperidine rings is 1. The second-order valence-corrected chi connectivity index (χ2v) is 12.4. The van der Waals surface area contributed by atoms with Gasteiger partial charge in [0.15, 0.2) is 11.5 Å². The number of aromatic nitrogens is 2. The van der Waals surface area contributed by atoms with Crippen molar-refractivity contribution in [2.24, 2.45) is 0 Å². The maximum absolute atomic E-state index is 13.5. The lowest BCUT2D eigenvalue weighted by molar-refractivity contribution is -0.127. The van der Waals surface area contributed by atoms with Crippen LogP contribution in [0.5, 0.6) is 17.2 Å². The molecule has 0 unspecified atom stereocenters. The summed E-state index contributed by atoms with van der Waals surface area (Å²) in [4.78, 5) is 36.2. The highest BCUT2D eigenvalue weighted by atomic mass is 32.1. The number of anilines is 2. The topological polar surface area (TPSA) is 115 Å². The molecule has 3 heterocycles. The first-order chi connectivity index (χ1) is 23.8. The number of methoxy groups -OCH3 is 2. The third-order valence-electron chi connectivity index (χ3n) is 8.34. The molecule has 10 nitrogen and oxygen atoms in total. The number of carbonyl (C=O) groups excluding carboxylic acids is 2. The van der Waals surface area contributed by atoms with Gasteiger partial charge >= 0.3 is 0 Å². The Balaban J connectivity index is 1.19. The first-order valence-electron chi connectivity index (χ1n) is 15.8. The summed E-state index contributed by atoms with van der Waals surface area (Å²) in [5.74, 6) is 1.70. The predicted molar refractivity (Wildman–Crippen MR) is 189 cm³/mol. The average Bonchev–Trinajstić information content (AvgIpc) is 3.62. The summed E-state index contributed by atoms with van der Waals surface area (Å²) in [5.41, 5.74) is 3.91. The molecule has 2 aromatic heterocycles. The van der Waals surface area contributed by atoms with Gasteiger partial charge in [-0.2, -0.15) is 0 Å². The van der Waals surface area contributed by atoms with Crippen LogP contribution >= 0.6 is 11.3 Å². The lowest BCUT2D eigenvalue weighted by Crippen LogP contribution is -2.41. The maximum Gasteiger partial charge on any atom is 0.261 e. The van der Waals surface area contributed by atoms with Gasteiger partial charge in [0.1, 0.15) is 29.8 Å². The number of carbonyl (C=O) groups is 2. The molecule has 0 saturated carbocycles. The molecule has 1 aliphatic rings. The van der Waals surface area contributed by atoms with Crippen LogP contribution in [0.25, 0.3) is 22.0 Å². The molecule has 49 heavy (non-hydrogen) atoms. The summed E-state index contributed by atoms with van der Waals surface area (Å²) < 4.78 is 31.2. The van der Waals surface area contributed by atoms with E-state index in [-0.39, 0.29) is 23.7 Å². The second-order valence-electron chi connectivity index (χ2n) is 11.5. The number of hydrogen-bond donors (Lipinski definition) is 2. The largest absolute Gasteiger partial charge is 0.495 e. The van der Waals surface area contributed by atoms with Gasteiger partial charge in [-0.15, -0.1) is 11.3 Å². The standard InChI is InChI=1S/C37H36FN5O5S/c1-4-35(44)43-14-11-27(12-15-43)48-33-19-28-29(20-32(33)47-3)40-22-41-36(28)42-30-17-24(8-9-31(30)46-2)25-18-34(49-21-25)37(45)39-13-10-23-6-5-7-26(38)16-23/h4-9,16-22,27H,1,10-15H2,2-3H3,(H,39,45)(H,40,41,42). The number of thiophene rings is 1. The molecule has 0 bridgehead atoms. The molecule has 2 amide bonds. The molecule has 1 aliphatic heterocycles. The summed E-state index contributed by atoms with van der Waals surface area (Å²) in [5, 5.41) is 8.99. The number of amides is 2. The van der Waals surface area contributed by atoms with E-state index < -0.39 is 0 Å². The lowest BCUT2D eigenvalue weighted by atomic mass is 10.1. The van der Waals surface area contributed by atoms with Gasteiger partial charge < -0.3 is 29.7 Å². The number of nitrogens with one attached hydrogen (secondary N) is 2. The van der Waals surface area contributed by atoms with Crippen molar-refractivity contribution < 1.29 is 28.2 Å². The summed E-state index contributed by atoms with van der Waals surface area (Å²) in [6.45, 7) is 5.15. The van der Waals surface area contributed by atoms with Gasteiger partial charge in [0.25, 0.3) is 5.91 Å². The molecule has 2 N–H and O–H groups in total. The van der Waals surface area contributed by atoms with E-state index in [9.17, 15) is 14.0 Å². The Morgan fingerprint density at radius 2 is 1.82 bits per heavy atom. The number of rotatable bonds is 12. The lowest BCUT2D eigenvalue weighted by Gasteiger charge is -2.31. The van der Waals surface area contributed by atoms with Crippen molar-refractivity contribution in [1.82, 2.24) is 20.2 Å². The van der Waals surface area contributed by atoms with Gasteiger partial charge in [-0.25, -0.2) is 14.4 Å². The zero-order valence-corrected chi connectivity index (χ0v) is 28.0. The SMILES string of the molecule is C=CC(=O)N1CCC(Oc2cc3c(Nc4cc(-c5csc(C(=O)NCCc6cccc(F)c6)c5)ccc4OC)ncnc3cc2OC)CC1. The molecule has 0 spiro atoms. The number of ether oxygens (including phenoxy) is 3. The normalized spacial score (nSPS) is 13.2. The van der Waals surface area contributed by atoms with E-state index in [0.29, 0.717) is 78.0 Å². The summed E-state index contributed by atoms with van der Waals surface area (Å²) >= 11 is 1.35. The van der Waals surface area contributed by atoms with Crippen molar-refractivity contribution in [3.05, 3.63) is 101 Å². The molecule has 1 fully saturated rings. The smallest absolute Gasteiger partial charge is 0.261 e. The summed E-state index contributed by atoms with van der Waals surface area (Å²) in [6.07, 6.45) is 4.62. The van der Waals surface area contributed by atoms with Gasteiger partial charge in [-0.3, -0.25) is 9.59 Å². The van der Waals surface area contributed by atoms with Crippen molar-refractivity contribution in [3.8, 4) is 28.4 Å². The molecule has 1 saturated heterocycles. The fraction of sp³-hybridized carbons (Fsp3) is 0.243. The zero-order valence-electron chi connectivity index (χ0n) is 27.2. The highest BCUT2D eigenvalue weighted by Gasteiger charge is 2.24. The first-order valence-corrected chi connectivity index (χ1v) is 16.7. The minimum Gasteiger partial charge on any atom is -0.495 e. The Labute approximate surface area is 287 Å². The first kappa shape index (κ1) is 33.4. The van der Waals surface area contributed by atoms with Crippen LogP contribution in [0, 0.1) is 5.82 Å². The Morgan fingerprint density at radius 3 is 2.57 bits per heavy atom. The van der Waals surface area contributed by atoms with Gasteiger partial charge in [0.2, 0.25) is 5.91 Å². The van der Waals surface area contributed by atoms with E-state index in [1.165, 1.54) is 35.9 Å². The Kier molecular flexibility index (Phi) is 10.3. The number of benzene rings is 3. The van der Waals surface area contributed by atoms with Crippen LogP contribution in [0.3, 0.4) is 0 Å². The summed E-state index contributed by atoms with van der Waals surface area (Å²) in [6, 6.07) is 17.6. The highest BCUT2D eigenvalue weighted by Crippen LogP contribution is 2.39. The van der Waals surface area contributed by atoms with Gasteiger partial charge in [0.05, 0.1) is 30.3 Å². The molecule has 3 aromatic carbocycles. The Bertz CT molecular complexity index is 1990. The summed E-state index contributed by atoms with van der Waals surface area (Å²) in [7, 11) is 3.18. The molecule has 0 atom stereocenters. The van der Waals surface area contributed by atoms with E-state index in [1.807, 2.05) is 47.8 Å². The minimum atomic E-state index is -0.293. The highest BCUT2D eigenvalue weighted by molar-refractivity contribution is 7.12. The molecule has 0 aliphatic carbocycles.